The molecule has 2 aliphatic carbocycles. The molecule has 0 atom stereocenters. The van der Waals surface area contributed by atoms with Crippen molar-refractivity contribution >= 4 is 0 Å². The van der Waals surface area contributed by atoms with Crippen molar-refractivity contribution in [1.82, 2.24) is 0 Å². The third kappa shape index (κ3) is 4.15. The normalized spacial score (nSPS) is 20.1. The van der Waals surface area contributed by atoms with Crippen LogP contribution in [0.25, 0.3) is 11.1 Å². The van der Waals surface area contributed by atoms with Gasteiger partial charge in [-0.1, -0.05) is 58.1 Å². The van der Waals surface area contributed by atoms with Gasteiger partial charge in [0.25, 0.3) is 0 Å². The monoisotopic (exact) mass is 432 g/mol. The van der Waals surface area contributed by atoms with Gasteiger partial charge < -0.3 is 0 Å². The molecule has 0 radical (unpaired) electrons. The molecule has 1 fully saturated rings. The van der Waals surface area contributed by atoms with Gasteiger partial charge in [0, 0.05) is 11.1 Å². The lowest BCUT2D eigenvalue weighted by atomic mass is 9.76. The standard InChI is InChI=1S/C27H32F4/c1-3-5-6-8-16-9-11-17(12-10-16)21-15-20-14-19-13-18(7-4-2)24(28)26(30)22(19)23(20)27(31)25(21)29/h13,15-17H,3-12,14H2,1-2H3. The first-order valence-corrected chi connectivity index (χ1v) is 12.0. The van der Waals surface area contributed by atoms with Gasteiger partial charge in [-0.3, -0.25) is 0 Å². The van der Waals surface area contributed by atoms with Crippen molar-refractivity contribution in [2.75, 3.05) is 0 Å². The molecule has 0 nitrogen and oxygen atoms in total. The zero-order chi connectivity index (χ0) is 22.1. The van der Waals surface area contributed by atoms with Crippen molar-refractivity contribution in [2.24, 2.45) is 5.92 Å². The lowest BCUT2D eigenvalue weighted by Gasteiger charge is -2.29. The SMILES string of the molecule is CCCCCC1CCC(c2cc3c(c(F)c2F)-c2c(cc(CCC)c(F)c2F)C3)CC1. The highest BCUT2D eigenvalue weighted by Gasteiger charge is 2.34. The minimum absolute atomic E-state index is 0.00294. The van der Waals surface area contributed by atoms with E-state index in [1.165, 1.54) is 25.7 Å². The van der Waals surface area contributed by atoms with Crippen molar-refractivity contribution < 1.29 is 17.6 Å². The molecule has 4 heteroatoms. The Kier molecular flexibility index (Phi) is 6.74. The topological polar surface area (TPSA) is 0 Å². The van der Waals surface area contributed by atoms with Crippen molar-refractivity contribution in [1.29, 1.82) is 0 Å². The number of rotatable bonds is 7. The van der Waals surface area contributed by atoms with Crippen LogP contribution in [-0.2, 0) is 12.8 Å². The largest absolute Gasteiger partial charge is 0.203 e. The van der Waals surface area contributed by atoms with Crippen LogP contribution in [0.5, 0.6) is 0 Å². The first-order chi connectivity index (χ1) is 15.0. The van der Waals surface area contributed by atoms with E-state index in [4.69, 9.17) is 0 Å². The zero-order valence-corrected chi connectivity index (χ0v) is 18.6. The number of fused-ring (bicyclic) bond motifs is 3. The zero-order valence-electron chi connectivity index (χ0n) is 18.6. The van der Waals surface area contributed by atoms with Gasteiger partial charge in [0.05, 0.1) is 0 Å². The number of hydrogen-bond acceptors (Lipinski definition) is 0. The van der Waals surface area contributed by atoms with Crippen LogP contribution in [0.15, 0.2) is 12.1 Å². The number of hydrogen-bond donors (Lipinski definition) is 0. The summed E-state index contributed by atoms with van der Waals surface area (Å²) in [7, 11) is 0. The van der Waals surface area contributed by atoms with E-state index >= 15 is 8.78 Å². The fraction of sp³-hybridized carbons (Fsp3) is 0.556. The molecule has 4 rings (SSSR count). The van der Waals surface area contributed by atoms with E-state index < -0.39 is 23.3 Å². The average Bonchev–Trinajstić information content (AvgIpc) is 3.14. The molecule has 0 spiro atoms. The molecule has 0 bridgehead atoms. The highest BCUT2D eigenvalue weighted by molar-refractivity contribution is 5.79. The molecule has 31 heavy (non-hydrogen) atoms. The highest BCUT2D eigenvalue weighted by Crippen LogP contribution is 2.46. The minimum atomic E-state index is -1.04. The number of aryl methyl sites for hydroxylation is 1. The van der Waals surface area contributed by atoms with Crippen LogP contribution in [0.1, 0.15) is 99.8 Å². The second kappa shape index (κ2) is 9.34. The first kappa shape index (κ1) is 22.4. The van der Waals surface area contributed by atoms with Gasteiger partial charge in [-0.2, -0.15) is 0 Å². The van der Waals surface area contributed by atoms with Gasteiger partial charge >= 0.3 is 0 Å². The smallest absolute Gasteiger partial charge is 0.167 e. The summed E-state index contributed by atoms with van der Waals surface area (Å²) in [4.78, 5) is 0. The number of halogens is 4. The van der Waals surface area contributed by atoms with Gasteiger partial charge in [-0.05, 0) is 72.6 Å². The van der Waals surface area contributed by atoms with E-state index in [1.54, 1.807) is 12.1 Å². The van der Waals surface area contributed by atoms with E-state index in [0.29, 0.717) is 47.4 Å². The average molecular weight is 433 g/mol. The van der Waals surface area contributed by atoms with Crippen LogP contribution < -0.4 is 0 Å². The van der Waals surface area contributed by atoms with E-state index in [2.05, 4.69) is 6.92 Å². The Bertz CT molecular complexity index is 955. The Morgan fingerprint density at radius 1 is 0.742 bits per heavy atom. The fourth-order valence-electron chi connectivity index (χ4n) is 5.66. The van der Waals surface area contributed by atoms with Gasteiger partial charge in [0.1, 0.15) is 0 Å². The molecule has 0 aromatic heterocycles. The summed E-state index contributed by atoms with van der Waals surface area (Å²) in [5, 5.41) is 0. The summed E-state index contributed by atoms with van der Waals surface area (Å²) in [5.74, 6) is -3.18. The maximum Gasteiger partial charge on any atom is 0.167 e. The van der Waals surface area contributed by atoms with Crippen molar-refractivity contribution in [2.45, 2.75) is 90.4 Å². The Morgan fingerprint density at radius 3 is 2.03 bits per heavy atom. The molecule has 168 valence electrons. The van der Waals surface area contributed by atoms with Crippen molar-refractivity contribution in [3.05, 3.63) is 57.7 Å². The Balaban J connectivity index is 1.60. The summed E-state index contributed by atoms with van der Waals surface area (Å²) in [6, 6.07) is 3.36. The van der Waals surface area contributed by atoms with Crippen LogP contribution in [0.2, 0.25) is 0 Å². The van der Waals surface area contributed by atoms with Crippen LogP contribution >= 0.6 is 0 Å². The van der Waals surface area contributed by atoms with Crippen LogP contribution in [-0.4, -0.2) is 0 Å². The summed E-state index contributed by atoms with van der Waals surface area (Å²) in [5.41, 5.74) is 1.71. The van der Waals surface area contributed by atoms with Gasteiger partial charge in [-0.25, -0.2) is 17.6 Å². The molecule has 0 saturated heterocycles. The highest BCUT2D eigenvalue weighted by atomic mass is 19.2. The fourth-order valence-corrected chi connectivity index (χ4v) is 5.66. The van der Waals surface area contributed by atoms with Gasteiger partial charge in [-0.15, -0.1) is 0 Å². The molecule has 0 N–H and O–H groups in total. The summed E-state index contributed by atoms with van der Waals surface area (Å²) in [6.07, 6.45) is 10.2. The molecule has 0 amide bonds. The summed E-state index contributed by atoms with van der Waals surface area (Å²) >= 11 is 0. The maximum atomic E-state index is 15.2. The Morgan fingerprint density at radius 2 is 1.39 bits per heavy atom. The van der Waals surface area contributed by atoms with E-state index in [-0.39, 0.29) is 17.0 Å². The van der Waals surface area contributed by atoms with Crippen LogP contribution in [0, 0.1) is 29.2 Å². The lowest BCUT2D eigenvalue weighted by Crippen LogP contribution is -2.15. The third-order valence-electron chi connectivity index (χ3n) is 7.33. The molecule has 1 saturated carbocycles. The second-order valence-corrected chi connectivity index (χ2v) is 9.47. The van der Waals surface area contributed by atoms with E-state index in [9.17, 15) is 8.78 Å². The molecule has 0 unspecified atom stereocenters. The second-order valence-electron chi connectivity index (χ2n) is 9.47. The molecule has 0 aliphatic heterocycles. The maximum absolute atomic E-state index is 15.2. The molecule has 0 heterocycles. The van der Waals surface area contributed by atoms with E-state index in [0.717, 1.165) is 25.7 Å². The van der Waals surface area contributed by atoms with Crippen molar-refractivity contribution in [3.8, 4) is 11.1 Å². The predicted octanol–water partition coefficient (Wildman–Crippen LogP) is 8.62. The molecular formula is C27H32F4. The molecular weight excluding hydrogens is 400 g/mol. The number of benzene rings is 2. The molecule has 2 aliphatic rings. The Labute approximate surface area is 183 Å². The molecule has 2 aromatic rings. The lowest BCUT2D eigenvalue weighted by molar-refractivity contribution is 0.298. The van der Waals surface area contributed by atoms with Gasteiger partial charge in [0.2, 0.25) is 0 Å². The summed E-state index contributed by atoms with van der Waals surface area (Å²) in [6.45, 7) is 4.10. The van der Waals surface area contributed by atoms with Crippen LogP contribution in [0.3, 0.4) is 0 Å². The minimum Gasteiger partial charge on any atom is -0.203 e. The third-order valence-corrected chi connectivity index (χ3v) is 7.33. The molecule has 2 aromatic carbocycles. The predicted molar refractivity (Wildman–Crippen MR) is 117 cm³/mol. The number of unbranched alkanes of at least 4 members (excludes halogenated alkanes) is 2. The summed E-state index contributed by atoms with van der Waals surface area (Å²) < 4.78 is 59.6. The van der Waals surface area contributed by atoms with Gasteiger partial charge in [0.15, 0.2) is 23.3 Å². The van der Waals surface area contributed by atoms with E-state index in [1.807, 2.05) is 6.92 Å². The van der Waals surface area contributed by atoms with Crippen LogP contribution in [0.4, 0.5) is 17.6 Å². The van der Waals surface area contributed by atoms with Crippen molar-refractivity contribution in [3.63, 3.8) is 0 Å². The quantitative estimate of drug-likeness (QED) is 0.259. The first-order valence-electron chi connectivity index (χ1n) is 12.0. The Hall–Kier alpha value is -1.84.